The molecule has 4 aromatic rings. The molecule has 1 heterocycles. The van der Waals surface area contributed by atoms with E-state index in [1.165, 1.54) is 30.0 Å². The molecule has 1 aromatic heterocycles. The van der Waals surface area contributed by atoms with Crippen LogP contribution < -0.4 is 15.5 Å². The van der Waals surface area contributed by atoms with Crippen LogP contribution in [0.1, 0.15) is 35.3 Å². The fourth-order valence-corrected chi connectivity index (χ4v) is 4.09. The summed E-state index contributed by atoms with van der Waals surface area (Å²) in [5.41, 5.74) is 6.53. The third-order valence-corrected chi connectivity index (χ3v) is 6.04. The predicted molar refractivity (Wildman–Crippen MR) is 142 cm³/mol. The van der Waals surface area contributed by atoms with Gasteiger partial charge >= 0.3 is 0 Å². The third kappa shape index (κ3) is 5.30. The van der Waals surface area contributed by atoms with E-state index in [0.717, 1.165) is 35.4 Å². The molecule has 2 N–H and O–H groups in total. The Morgan fingerprint density at radius 1 is 0.971 bits per heavy atom. The van der Waals surface area contributed by atoms with E-state index in [2.05, 4.69) is 58.6 Å². The molecule has 0 fully saturated rings. The van der Waals surface area contributed by atoms with Crippen LogP contribution in [0.15, 0.2) is 54.6 Å². The SMILES string of the molecule is CCN(CC)c1ccc(-n2nc3cc(C)c(NC(=S)NC(=O)c4ccc(F)cc4)cc3n2)c(C)c1. The molecule has 0 aliphatic heterocycles. The molecule has 35 heavy (non-hydrogen) atoms. The average molecular weight is 491 g/mol. The number of aromatic nitrogens is 3. The Morgan fingerprint density at radius 2 is 1.63 bits per heavy atom. The van der Waals surface area contributed by atoms with Gasteiger partial charge in [-0.3, -0.25) is 10.1 Å². The summed E-state index contributed by atoms with van der Waals surface area (Å²) in [6, 6.07) is 15.3. The van der Waals surface area contributed by atoms with Crippen molar-refractivity contribution < 1.29 is 9.18 Å². The monoisotopic (exact) mass is 490 g/mol. The molecule has 4 rings (SSSR count). The Kier molecular flexibility index (Phi) is 7.07. The molecule has 7 nitrogen and oxygen atoms in total. The number of amides is 1. The number of rotatable bonds is 6. The number of benzene rings is 3. The lowest BCUT2D eigenvalue weighted by atomic mass is 10.1. The lowest BCUT2D eigenvalue weighted by Gasteiger charge is -2.22. The van der Waals surface area contributed by atoms with Gasteiger partial charge in [0.05, 0.1) is 5.69 Å². The maximum Gasteiger partial charge on any atom is 0.257 e. The van der Waals surface area contributed by atoms with Gasteiger partial charge in [-0.15, -0.1) is 10.2 Å². The molecule has 0 spiro atoms. The lowest BCUT2D eigenvalue weighted by molar-refractivity contribution is 0.0977. The number of hydrogen-bond donors (Lipinski definition) is 2. The van der Waals surface area contributed by atoms with Crippen LogP contribution in [0.3, 0.4) is 0 Å². The van der Waals surface area contributed by atoms with Gasteiger partial charge in [0.1, 0.15) is 16.9 Å². The zero-order chi connectivity index (χ0) is 25.1. The molecule has 0 saturated heterocycles. The van der Waals surface area contributed by atoms with E-state index in [0.29, 0.717) is 16.8 Å². The van der Waals surface area contributed by atoms with Gasteiger partial charge in [-0.1, -0.05) is 0 Å². The predicted octanol–water partition coefficient (Wildman–Crippen LogP) is 5.15. The Morgan fingerprint density at radius 3 is 2.26 bits per heavy atom. The van der Waals surface area contributed by atoms with E-state index in [4.69, 9.17) is 12.2 Å². The fraction of sp³-hybridized carbons (Fsp3) is 0.231. The van der Waals surface area contributed by atoms with Gasteiger partial charge in [0, 0.05) is 30.0 Å². The number of anilines is 2. The molecule has 3 aromatic carbocycles. The minimum Gasteiger partial charge on any atom is -0.372 e. The summed E-state index contributed by atoms with van der Waals surface area (Å²) in [7, 11) is 0. The first kappa shape index (κ1) is 24.3. The van der Waals surface area contributed by atoms with Crippen molar-refractivity contribution in [2.24, 2.45) is 0 Å². The van der Waals surface area contributed by atoms with Crippen LogP contribution in [0, 0.1) is 19.7 Å². The summed E-state index contributed by atoms with van der Waals surface area (Å²) in [6.07, 6.45) is 0. The Balaban J connectivity index is 1.54. The van der Waals surface area contributed by atoms with Crippen LogP contribution in [-0.4, -0.2) is 39.1 Å². The largest absolute Gasteiger partial charge is 0.372 e. The quantitative estimate of drug-likeness (QED) is 0.364. The van der Waals surface area contributed by atoms with Gasteiger partial charge in [0.15, 0.2) is 5.11 Å². The zero-order valence-corrected chi connectivity index (χ0v) is 20.9. The van der Waals surface area contributed by atoms with Gasteiger partial charge in [-0.2, -0.15) is 4.80 Å². The minimum absolute atomic E-state index is 0.136. The van der Waals surface area contributed by atoms with Crippen molar-refractivity contribution in [3.63, 3.8) is 0 Å². The summed E-state index contributed by atoms with van der Waals surface area (Å²) in [5.74, 6) is -0.829. The Hall–Kier alpha value is -3.85. The molecule has 0 atom stereocenters. The van der Waals surface area contributed by atoms with Crippen LogP contribution in [0.4, 0.5) is 15.8 Å². The third-order valence-electron chi connectivity index (χ3n) is 5.83. The first-order chi connectivity index (χ1) is 16.8. The standard InChI is InChI=1S/C26H27FN6OS/c1-5-32(6-2)20-11-12-24(17(4)13-20)33-30-22-14-16(3)21(15-23(22)31-33)28-26(35)29-25(34)18-7-9-19(27)10-8-18/h7-15H,5-6H2,1-4H3,(H2,28,29,34,35). The molecule has 0 aliphatic carbocycles. The fourth-order valence-electron chi connectivity index (χ4n) is 3.89. The zero-order valence-electron chi connectivity index (χ0n) is 20.1. The number of halogens is 1. The van der Waals surface area contributed by atoms with Crippen molar-refractivity contribution in [2.75, 3.05) is 23.3 Å². The molecule has 0 bridgehead atoms. The molecule has 0 unspecified atom stereocenters. The maximum atomic E-state index is 13.1. The summed E-state index contributed by atoms with van der Waals surface area (Å²) < 4.78 is 13.1. The second-order valence-corrected chi connectivity index (χ2v) is 8.61. The minimum atomic E-state index is -0.421. The lowest BCUT2D eigenvalue weighted by Crippen LogP contribution is -2.34. The van der Waals surface area contributed by atoms with E-state index in [-0.39, 0.29) is 5.11 Å². The molecule has 0 aliphatic rings. The number of hydrogen-bond acceptors (Lipinski definition) is 5. The van der Waals surface area contributed by atoms with Crippen molar-refractivity contribution in [3.8, 4) is 5.69 Å². The number of aryl methyl sites for hydroxylation is 2. The van der Waals surface area contributed by atoms with Gasteiger partial charge in [-0.25, -0.2) is 4.39 Å². The molecule has 0 saturated carbocycles. The summed E-state index contributed by atoms with van der Waals surface area (Å²) in [4.78, 5) is 16.3. The molecular weight excluding hydrogens is 463 g/mol. The van der Waals surface area contributed by atoms with Gasteiger partial charge in [0.25, 0.3) is 5.91 Å². The Bertz CT molecular complexity index is 1400. The van der Waals surface area contributed by atoms with Gasteiger partial charge in [-0.05, 0) is 106 Å². The Labute approximate surface area is 208 Å². The van der Waals surface area contributed by atoms with E-state index in [1.807, 2.05) is 25.1 Å². The first-order valence-electron chi connectivity index (χ1n) is 11.4. The van der Waals surface area contributed by atoms with E-state index < -0.39 is 11.7 Å². The molecule has 1 amide bonds. The number of carbonyl (C=O) groups excluding carboxylic acids is 1. The highest BCUT2D eigenvalue weighted by atomic mass is 32.1. The number of nitrogens with one attached hydrogen (secondary N) is 2. The van der Waals surface area contributed by atoms with Crippen molar-refractivity contribution >= 4 is 45.6 Å². The highest BCUT2D eigenvalue weighted by molar-refractivity contribution is 7.80. The topological polar surface area (TPSA) is 75.1 Å². The van der Waals surface area contributed by atoms with Crippen LogP contribution in [0.5, 0.6) is 0 Å². The van der Waals surface area contributed by atoms with Gasteiger partial charge in [0.2, 0.25) is 0 Å². The number of nitrogens with zero attached hydrogens (tertiary/aromatic N) is 4. The summed E-state index contributed by atoms with van der Waals surface area (Å²) in [5, 5.41) is 15.1. The molecular formula is C26H27FN6OS. The second-order valence-electron chi connectivity index (χ2n) is 8.20. The van der Waals surface area contributed by atoms with Crippen molar-refractivity contribution in [3.05, 3.63) is 77.1 Å². The summed E-state index contributed by atoms with van der Waals surface area (Å²) in [6.45, 7) is 10.2. The maximum absolute atomic E-state index is 13.1. The second kappa shape index (κ2) is 10.2. The van der Waals surface area contributed by atoms with E-state index >= 15 is 0 Å². The summed E-state index contributed by atoms with van der Waals surface area (Å²) >= 11 is 5.31. The first-order valence-corrected chi connectivity index (χ1v) is 11.8. The molecule has 0 radical (unpaired) electrons. The van der Waals surface area contributed by atoms with Gasteiger partial charge < -0.3 is 10.2 Å². The van der Waals surface area contributed by atoms with Crippen molar-refractivity contribution in [1.82, 2.24) is 20.3 Å². The smallest absolute Gasteiger partial charge is 0.257 e. The van der Waals surface area contributed by atoms with Crippen LogP contribution in [-0.2, 0) is 0 Å². The van der Waals surface area contributed by atoms with Crippen LogP contribution >= 0.6 is 12.2 Å². The highest BCUT2D eigenvalue weighted by Crippen LogP contribution is 2.25. The molecule has 9 heteroatoms. The van der Waals surface area contributed by atoms with Crippen molar-refractivity contribution in [2.45, 2.75) is 27.7 Å². The number of fused-ring (bicyclic) bond motifs is 1. The number of carbonyl (C=O) groups is 1. The number of thiocarbonyl (C=S) groups is 1. The van der Waals surface area contributed by atoms with E-state index in [9.17, 15) is 9.18 Å². The van der Waals surface area contributed by atoms with E-state index in [1.54, 1.807) is 4.80 Å². The van der Waals surface area contributed by atoms with Crippen molar-refractivity contribution in [1.29, 1.82) is 0 Å². The highest BCUT2D eigenvalue weighted by Gasteiger charge is 2.13. The molecule has 180 valence electrons. The van der Waals surface area contributed by atoms with Crippen LogP contribution in [0.25, 0.3) is 16.7 Å². The van der Waals surface area contributed by atoms with Crippen LogP contribution in [0.2, 0.25) is 0 Å². The normalized spacial score (nSPS) is 10.9. The average Bonchev–Trinajstić information content (AvgIpc) is 3.22.